The number of alkyl halides is 1. The van der Waals surface area contributed by atoms with Gasteiger partial charge in [0.2, 0.25) is 17.7 Å². The van der Waals surface area contributed by atoms with Crippen LogP contribution in [0.1, 0.15) is 108 Å². The normalized spacial score (nSPS) is 21.3. The van der Waals surface area contributed by atoms with Gasteiger partial charge in [0.05, 0.1) is 39.6 Å². The fraction of sp³-hybridized carbons (Fsp3) is 0.508. The van der Waals surface area contributed by atoms with Gasteiger partial charge in [0.15, 0.2) is 5.82 Å². The Bertz CT molecular complexity index is 3430. The number of aryl methyl sites for hydroxylation is 1. The number of thiazole rings is 1. The van der Waals surface area contributed by atoms with Gasteiger partial charge in [-0.3, -0.25) is 29.2 Å². The number of phenols is 1. The number of phenolic OH excluding ortho intramolecular Hbond substituents is 1. The molecule has 0 spiro atoms. The van der Waals surface area contributed by atoms with Crippen molar-refractivity contribution in [2.24, 2.45) is 11.3 Å². The van der Waals surface area contributed by atoms with Crippen molar-refractivity contribution in [2.45, 2.75) is 128 Å². The quantitative estimate of drug-likeness (QED) is 0.0676. The molecule has 0 saturated carbocycles. The van der Waals surface area contributed by atoms with Crippen LogP contribution < -0.4 is 25.6 Å². The van der Waals surface area contributed by atoms with Gasteiger partial charge in [-0.2, -0.15) is 9.97 Å². The number of aromatic nitrogens is 4. The molecule has 0 aliphatic carbocycles. The average Bonchev–Trinajstić information content (AvgIpc) is 4.20. The Balaban J connectivity index is 0.662. The first-order chi connectivity index (χ1) is 39.8. The maximum atomic E-state index is 17.1. The van der Waals surface area contributed by atoms with Gasteiger partial charge in [-0.05, 0) is 131 Å². The molecule has 438 valence electrons. The molecule has 5 aliphatic rings. The number of anilines is 1. The number of rotatable bonds is 16. The van der Waals surface area contributed by atoms with Crippen molar-refractivity contribution in [1.82, 2.24) is 50.6 Å². The van der Waals surface area contributed by atoms with Gasteiger partial charge in [-0.1, -0.05) is 57.0 Å². The molecule has 3 amide bonds. The van der Waals surface area contributed by atoms with Crippen LogP contribution in [0.4, 0.5) is 19.0 Å². The Labute approximate surface area is 487 Å². The maximum Gasteiger partial charge on any atom is 0.319 e. The zero-order valence-corrected chi connectivity index (χ0v) is 48.8. The van der Waals surface area contributed by atoms with E-state index in [9.17, 15) is 19.5 Å². The molecule has 3 aromatic carbocycles. The van der Waals surface area contributed by atoms with Gasteiger partial charge in [-0.25, -0.2) is 18.2 Å². The predicted molar refractivity (Wildman–Crippen MR) is 316 cm³/mol. The molecule has 3 aromatic heterocycles. The van der Waals surface area contributed by atoms with E-state index < -0.39 is 34.8 Å². The Morgan fingerprint density at radius 1 is 0.940 bits per heavy atom. The molecular formula is C63H74F3N11O5S. The number of pyridine rings is 1. The number of nitrogens with zero attached hydrogens (tertiary/aromatic N) is 8. The first kappa shape index (κ1) is 57.9. The van der Waals surface area contributed by atoms with E-state index in [1.807, 2.05) is 69.3 Å². The summed E-state index contributed by atoms with van der Waals surface area (Å²) in [4.78, 5) is 69.3. The van der Waals surface area contributed by atoms with Gasteiger partial charge in [0, 0.05) is 68.5 Å². The molecule has 6 aromatic rings. The number of carbonyl (C=O) groups excluding carboxylic acids is 3. The second-order valence-corrected chi connectivity index (χ2v) is 25.5. The number of piperidine rings is 2. The lowest BCUT2D eigenvalue weighted by Gasteiger charge is -2.40. The predicted octanol–water partition coefficient (Wildman–Crippen LogP) is 8.87. The zero-order valence-electron chi connectivity index (χ0n) is 48.0. The number of amides is 3. The highest BCUT2D eigenvalue weighted by molar-refractivity contribution is 7.13. The molecule has 5 aliphatic heterocycles. The fourth-order valence-corrected chi connectivity index (χ4v) is 14.0. The Hall–Kier alpha value is -6.92. The number of piperazine rings is 1. The standard InChI is InChI=1S/C63H74F3N11O5S/c1-7-46-49(64)17-14-42-29-45(78)30-47(52(42)46)54-53(65)55-48(32-67-54)58(76-33-43-15-16-44(34-76)70-43)73-61(72-55)82-28-27-74-23-18-39(19-24-74)31-63(66)20-25-75(26-21-63)35-51(79)71-57(62(4,5)6)60(81)77-22-8-9-50(77)59(80)69-37(2)40-10-12-41(13-11-40)56-38(3)68-36-83-56/h1,10-14,17,29-30,32,36-37,39,43-44,50,57,70,78H,8-9,15-16,18-28,31,33-35H2,2-6H3,(H,69,80)(H,71,79). The molecule has 16 nitrogen and oxygen atoms in total. The second kappa shape index (κ2) is 24.0. The summed E-state index contributed by atoms with van der Waals surface area (Å²) >= 11 is 1.59. The van der Waals surface area contributed by atoms with Gasteiger partial charge >= 0.3 is 6.01 Å². The molecule has 5 unspecified atom stereocenters. The molecule has 5 saturated heterocycles. The highest BCUT2D eigenvalue weighted by atomic mass is 32.1. The minimum Gasteiger partial charge on any atom is -0.508 e. The van der Waals surface area contributed by atoms with Gasteiger partial charge in [-0.15, -0.1) is 17.8 Å². The van der Waals surface area contributed by atoms with Crippen LogP contribution >= 0.6 is 11.3 Å². The van der Waals surface area contributed by atoms with Crippen molar-refractivity contribution in [3.63, 3.8) is 0 Å². The van der Waals surface area contributed by atoms with Crippen molar-refractivity contribution in [1.29, 1.82) is 0 Å². The van der Waals surface area contributed by atoms with Crippen molar-refractivity contribution >= 4 is 56.6 Å². The first-order valence-electron chi connectivity index (χ1n) is 29.3. The van der Waals surface area contributed by atoms with Crippen molar-refractivity contribution < 1.29 is 37.4 Å². The Morgan fingerprint density at radius 3 is 2.36 bits per heavy atom. The summed E-state index contributed by atoms with van der Waals surface area (Å²) in [6, 6.07) is 12.3. The van der Waals surface area contributed by atoms with Crippen LogP contribution in [-0.2, 0) is 14.4 Å². The van der Waals surface area contributed by atoms with E-state index in [4.69, 9.17) is 16.1 Å². The molecule has 8 heterocycles. The van der Waals surface area contributed by atoms with Crippen LogP contribution in [-0.4, -0.2) is 153 Å². The number of nitrogens with one attached hydrogen (secondary N) is 3. The van der Waals surface area contributed by atoms with E-state index in [0.29, 0.717) is 88.0 Å². The van der Waals surface area contributed by atoms with E-state index >= 15 is 13.2 Å². The lowest BCUT2D eigenvalue weighted by molar-refractivity contribution is -0.144. The van der Waals surface area contributed by atoms with Crippen molar-refractivity contribution in [2.75, 3.05) is 70.4 Å². The average molecular weight is 1150 g/mol. The molecule has 4 N–H and O–H groups in total. The number of terminal acetylenes is 1. The SMILES string of the molecule is C#Cc1c(F)ccc2cc(O)cc(-c3ncc4c(N5CC6CCC(C5)N6)nc(OCCN5CCC(CC6(F)CCN(CC(=O)NC(C(=O)N7CCCC7C(=O)NC(C)c7ccc(-c8scnc8C)cc7)C(C)(C)C)CC6)CC5)nc4c3F)c12. The minimum absolute atomic E-state index is 0.00939. The highest BCUT2D eigenvalue weighted by Gasteiger charge is 2.44. The number of halogens is 3. The molecule has 0 radical (unpaired) electrons. The van der Waals surface area contributed by atoms with Crippen LogP contribution in [0, 0.1) is 42.2 Å². The largest absolute Gasteiger partial charge is 0.508 e. The maximum absolute atomic E-state index is 17.1. The van der Waals surface area contributed by atoms with E-state index in [-0.39, 0.29) is 94.4 Å². The number of hydrogen-bond acceptors (Lipinski definition) is 14. The van der Waals surface area contributed by atoms with Crippen LogP contribution in [0.2, 0.25) is 0 Å². The summed E-state index contributed by atoms with van der Waals surface area (Å²) in [7, 11) is 0. The van der Waals surface area contributed by atoms with E-state index in [1.165, 1.54) is 30.5 Å². The van der Waals surface area contributed by atoms with Crippen LogP contribution in [0.15, 0.2) is 60.2 Å². The molecule has 2 bridgehead atoms. The third kappa shape index (κ3) is 12.5. The zero-order chi connectivity index (χ0) is 58.3. The van der Waals surface area contributed by atoms with Crippen LogP contribution in [0.3, 0.4) is 0 Å². The summed E-state index contributed by atoms with van der Waals surface area (Å²) < 4.78 is 55.0. The van der Waals surface area contributed by atoms with Crippen molar-refractivity contribution in [3.05, 3.63) is 88.7 Å². The summed E-state index contributed by atoms with van der Waals surface area (Å²) in [6.45, 7) is 14.6. The highest BCUT2D eigenvalue weighted by Crippen LogP contribution is 2.41. The lowest BCUT2D eigenvalue weighted by Crippen LogP contribution is -2.59. The minimum atomic E-state index is -1.35. The van der Waals surface area contributed by atoms with Crippen molar-refractivity contribution in [3.8, 4) is 45.8 Å². The van der Waals surface area contributed by atoms with Crippen LogP contribution in [0.25, 0.3) is 43.4 Å². The monoisotopic (exact) mass is 1150 g/mol. The summed E-state index contributed by atoms with van der Waals surface area (Å²) in [5, 5.41) is 21.6. The van der Waals surface area contributed by atoms with Gasteiger partial charge in [0.25, 0.3) is 0 Å². The summed E-state index contributed by atoms with van der Waals surface area (Å²) in [6.07, 6.45) is 13.2. The molecule has 5 atom stereocenters. The molecule has 11 rings (SSSR count). The van der Waals surface area contributed by atoms with Crippen LogP contribution in [0.5, 0.6) is 11.8 Å². The molecular weight excluding hydrogens is 1080 g/mol. The molecule has 20 heteroatoms. The molecule has 83 heavy (non-hydrogen) atoms. The van der Waals surface area contributed by atoms with E-state index in [2.05, 4.69) is 46.6 Å². The molecule has 5 fully saturated rings. The Morgan fingerprint density at radius 2 is 1.67 bits per heavy atom. The number of aromatic hydroxyl groups is 1. The number of fused-ring (bicyclic) bond motifs is 4. The fourth-order valence-electron chi connectivity index (χ4n) is 13.2. The number of likely N-dealkylation sites (tertiary alicyclic amines) is 3. The number of carbonyl (C=O) groups is 3. The van der Waals surface area contributed by atoms with Gasteiger partial charge < -0.3 is 35.6 Å². The summed E-state index contributed by atoms with van der Waals surface area (Å²) in [5.74, 6) is 0.699. The smallest absolute Gasteiger partial charge is 0.319 e. The lowest BCUT2D eigenvalue weighted by atomic mass is 9.80. The number of benzene rings is 3. The topological polar surface area (TPSA) is 181 Å². The van der Waals surface area contributed by atoms with E-state index in [0.717, 1.165) is 60.5 Å². The van der Waals surface area contributed by atoms with E-state index in [1.54, 1.807) is 16.2 Å². The third-order valence-corrected chi connectivity index (χ3v) is 18.7. The second-order valence-electron chi connectivity index (χ2n) is 24.7. The number of ether oxygens (including phenoxy) is 1. The first-order valence-corrected chi connectivity index (χ1v) is 30.2. The third-order valence-electron chi connectivity index (χ3n) is 17.8. The summed E-state index contributed by atoms with van der Waals surface area (Å²) in [5.41, 5.74) is 2.73. The Kier molecular flexibility index (Phi) is 16.7. The van der Waals surface area contributed by atoms with Gasteiger partial charge in [0.1, 0.15) is 53.0 Å². The number of hydrogen-bond donors (Lipinski definition) is 4.